The molecule has 0 aliphatic carbocycles. The number of nitrogens with one attached hydrogen (secondary N) is 2. The summed E-state index contributed by atoms with van der Waals surface area (Å²) in [5.41, 5.74) is 0.786. The number of hydrogen-bond donors (Lipinski definition) is 2. The molecule has 2 atom stereocenters. The van der Waals surface area contributed by atoms with Gasteiger partial charge >= 0.3 is 0 Å². The summed E-state index contributed by atoms with van der Waals surface area (Å²) >= 11 is 0. The Morgan fingerprint density at radius 2 is 2.24 bits per heavy atom. The summed E-state index contributed by atoms with van der Waals surface area (Å²) in [6.45, 7) is 2.43. The van der Waals surface area contributed by atoms with Gasteiger partial charge in [0.15, 0.2) is 0 Å². The third kappa shape index (κ3) is 3.74. The first kappa shape index (κ1) is 14.4. The van der Waals surface area contributed by atoms with E-state index in [-0.39, 0.29) is 5.91 Å². The number of carbonyl (C=O) groups is 1. The fourth-order valence-electron chi connectivity index (χ4n) is 3.26. The van der Waals surface area contributed by atoms with Crippen LogP contribution in [0.3, 0.4) is 0 Å². The molecule has 2 bridgehead atoms. The number of ether oxygens (including phenoxy) is 1. The summed E-state index contributed by atoms with van der Waals surface area (Å²) in [5.74, 6) is 0.796. The largest absolute Gasteiger partial charge is 0.497 e. The van der Waals surface area contributed by atoms with Crippen molar-refractivity contribution >= 4 is 11.6 Å². The monoisotopic (exact) mass is 289 g/mol. The predicted octanol–water partition coefficient (Wildman–Crippen LogP) is 1.46. The van der Waals surface area contributed by atoms with Crippen molar-refractivity contribution in [2.24, 2.45) is 0 Å². The normalized spacial score (nSPS) is 25.4. The number of carbonyl (C=O) groups excluding carboxylic acids is 1. The average molecular weight is 289 g/mol. The Labute approximate surface area is 125 Å². The molecule has 0 saturated carbocycles. The molecular formula is C16H23N3O2. The first-order chi connectivity index (χ1) is 10.2. The fourth-order valence-corrected chi connectivity index (χ4v) is 3.26. The van der Waals surface area contributed by atoms with Gasteiger partial charge in [-0.3, -0.25) is 9.69 Å². The number of rotatable bonds is 4. The van der Waals surface area contributed by atoms with E-state index in [0.717, 1.165) is 30.9 Å². The van der Waals surface area contributed by atoms with Gasteiger partial charge < -0.3 is 15.4 Å². The van der Waals surface area contributed by atoms with Crippen LogP contribution in [0.15, 0.2) is 24.3 Å². The lowest BCUT2D eigenvalue weighted by Crippen LogP contribution is -2.39. The van der Waals surface area contributed by atoms with Gasteiger partial charge in [0, 0.05) is 36.9 Å². The van der Waals surface area contributed by atoms with Crippen molar-refractivity contribution in [2.75, 3.05) is 32.1 Å². The lowest BCUT2D eigenvalue weighted by molar-refractivity contribution is -0.117. The zero-order chi connectivity index (χ0) is 14.7. The molecule has 0 radical (unpaired) electrons. The van der Waals surface area contributed by atoms with E-state index in [1.165, 1.54) is 12.8 Å². The number of likely N-dealkylation sites (tertiary alicyclic amines) is 1. The Kier molecular flexibility index (Phi) is 4.41. The van der Waals surface area contributed by atoms with Crippen LogP contribution in [0.5, 0.6) is 5.75 Å². The highest BCUT2D eigenvalue weighted by Crippen LogP contribution is 2.20. The Balaban J connectivity index is 1.53. The standard InChI is InChI=1S/C16H23N3O2/c1-21-15-4-2-3-13(9-15)18-16(20)11-19-8-7-12-5-6-14(10-19)17-12/h2-4,9,12,14,17H,5-8,10-11H2,1H3,(H,18,20). The highest BCUT2D eigenvalue weighted by atomic mass is 16.5. The fraction of sp³-hybridized carbons (Fsp3) is 0.562. The van der Waals surface area contributed by atoms with Gasteiger partial charge in [0.05, 0.1) is 13.7 Å². The molecule has 2 saturated heterocycles. The summed E-state index contributed by atoms with van der Waals surface area (Å²) in [6, 6.07) is 8.68. The van der Waals surface area contributed by atoms with Gasteiger partial charge in [0.1, 0.15) is 5.75 Å². The van der Waals surface area contributed by atoms with Gasteiger partial charge in [-0.1, -0.05) is 6.07 Å². The van der Waals surface area contributed by atoms with Crippen LogP contribution in [-0.2, 0) is 4.79 Å². The number of anilines is 1. The van der Waals surface area contributed by atoms with Crippen molar-refractivity contribution in [3.8, 4) is 5.75 Å². The second-order valence-electron chi connectivity index (χ2n) is 5.94. The van der Waals surface area contributed by atoms with Crippen LogP contribution in [0.2, 0.25) is 0 Å². The van der Waals surface area contributed by atoms with Gasteiger partial charge in [-0.05, 0) is 31.4 Å². The van der Waals surface area contributed by atoms with Crippen molar-refractivity contribution < 1.29 is 9.53 Å². The Hall–Kier alpha value is -1.59. The molecule has 2 aliphatic rings. The van der Waals surface area contributed by atoms with Crippen LogP contribution in [-0.4, -0.2) is 49.6 Å². The van der Waals surface area contributed by atoms with Crippen molar-refractivity contribution in [1.82, 2.24) is 10.2 Å². The molecule has 21 heavy (non-hydrogen) atoms. The van der Waals surface area contributed by atoms with Gasteiger partial charge in [0.2, 0.25) is 5.91 Å². The van der Waals surface area contributed by atoms with Crippen LogP contribution in [0.4, 0.5) is 5.69 Å². The van der Waals surface area contributed by atoms with Crippen LogP contribution in [0, 0.1) is 0 Å². The zero-order valence-electron chi connectivity index (χ0n) is 12.5. The van der Waals surface area contributed by atoms with E-state index < -0.39 is 0 Å². The van der Waals surface area contributed by atoms with Crippen LogP contribution in [0.1, 0.15) is 19.3 Å². The maximum Gasteiger partial charge on any atom is 0.238 e. The van der Waals surface area contributed by atoms with Gasteiger partial charge in [-0.15, -0.1) is 0 Å². The minimum absolute atomic E-state index is 0.0426. The van der Waals surface area contributed by atoms with Gasteiger partial charge in [-0.25, -0.2) is 0 Å². The van der Waals surface area contributed by atoms with E-state index in [2.05, 4.69) is 15.5 Å². The Morgan fingerprint density at radius 1 is 1.38 bits per heavy atom. The predicted molar refractivity (Wildman–Crippen MR) is 82.6 cm³/mol. The topological polar surface area (TPSA) is 53.6 Å². The van der Waals surface area contributed by atoms with Crippen molar-refractivity contribution in [3.63, 3.8) is 0 Å². The molecule has 1 aromatic rings. The Bertz CT molecular complexity index is 506. The van der Waals surface area contributed by atoms with Crippen molar-refractivity contribution in [3.05, 3.63) is 24.3 Å². The number of methoxy groups -OCH3 is 1. The average Bonchev–Trinajstić information content (AvgIpc) is 2.82. The van der Waals surface area contributed by atoms with Crippen molar-refractivity contribution in [1.29, 1.82) is 0 Å². The second kappa shape index (κ2) is 6.45. The molecule has 5 heteroatoms. The summed E-state index contributed by atoms with van der Waals surface area (Å²) < 4.78 is 5.17. The highest BCUT2D eigenvalue weighted by Gasteiger charge is 2.29. The van der Waals surface area contributed by atoms with E-state index >= 15 is 0 Å². The molecule has 2 heterocycles. The molecule has 0 aromatic heterocycles. The minimum atomic E-state index is 0.0426. The smallest absolute Gasteiger partial charge is 0.238 e. The van der Waals surface area contributed by atoms with E-state index in [4.69, 9.17) is 4.74 Å². The zero-order valence-corrected chi connectivity index (χ0v) is 12.5. The van der Waals surface area contributed by atoms with E-state index in [0.29, 0.717) is 18.6 Å². The molecule has 2 N–H and O–H groups in total. The number of fused-ring (bicyclic) bond motifs is 2. The maximum absolute atomic E-state index is 12.2. The number of benzene rings is 1. The molecule has 1 amide bonds. The number of amides is 1. The number of hydrogen-bond acceptors (Lipinski definition) is 4. The van der Waals surface area contributed by atoms with Crippen LogP contribution >= 0.6 is 0 Å². The molecule has 2 aliphatic heterocycles. The molecule has 3 rings (SSSR count). The first-order valence-corrected chi connectivity index (χ1v) is 7.65. The third-order valence-corrected chi connectivity index (χ3v) is 4.33. The third-order valence-electron chi connectivity index (χ3n) is 4.33. The molecule has 2 unspecified atom stereocenters. The van der Waals surface area contributed by atoms with Crippen molar-refractivity contribution in [2.45, 2.75) is 31.3 Å². The Morgan fingerprint density at radius 3 is 3.10 bits per heavy atom. The molecule has 5 nitrogen and oxygen atoms in total. The quantitative estimate of drug-likeness (QED) is 0.881. The summed E-state index contributed by atoms with van der Waals surface area (Å²) in [7, 11) is 1.63. The van der Waals surface area contributed by atoms with E-state index in [1.54, 1.807) is 7.11 Å². The van der Waals surface area contributed by atoms with Crippen LogP contribution < -0.4 is 15.4 Å². The second-order valence-corrected chi connectivity index (χ2v) is 5.94. The van der Waals surface area contributed by atoms with Gasteiger partial charge in [0.25, 0.3) is 0 Å². The molecule has 2 fully saturated rings. The number of nitrogens with zero attached hydrogens (tertiary/aromatic N) is 1. The molecule has 114 valence electrons. The molecule has 1 aromatic carbocycles. The molecule has 0 spiro atoms. The SMILES string of the molecule is COc1cccc(NC(=O)CN2CCC3CCC(C2)N3)c1. The lowest BCUT2D eigenvalue weighted by Gasteiger charge is -2.23. The molecular weight excluding hydrogens is 266 g/mol. The van der Waals surface area contributed by atoms with E-state index in [9.17, 15) is 4.79 Å². The lowest BCUT2D eigenvalue weighted by atomic mass is 10.1. The highest BCUT2D eigenvalue weighted by molar-refractivity contribution is 5.92. The first-order valence-electron chi connectivity index (χ1n) is 7.65. The summed E-state index contributed by atoms with van der Waals surface area (Å²) in [6.07, 6.45) is 3.66. The summed E-state index contributed by atoms with van der Waals surface area (Å²) in [5, 5.41) is 6.58. The maximum atomic E-state index is 12.2. The summed E-state index contributed by atoms with van der Waals surface area (Å²) in [4.78, 5) is 14.4. The van der Waals surface area contributed by atoms with E-state index in [1.807, 2.05) is 24.3 Å². The van der Waals surface area contributed by atoms with Crippen LogP contribution in [0.25, 0.3) is 0 Å². The van der Waals surface area contributed by atoms with Gasteiger partial charge in [-0.2, -0.15) is 0 Å². The minimum Gasteiger partial charge on any atom is -0.497 e.